The first-order chi connectivity index (χ1) is 12.0. The molecular weight excluding hydrogens is 316 g/mol. The van der Waals surface area contributed by atoms with Crippen molar-refractivity contribution in [2.24, 2.45) is 0 Å². The fraction of sp³-hybridized carbons (Fsp3) is 0.300. The van der Waals surface area contributed by atoms with Crippen molar-refractivity contribution < 1.29 is 14.3 Å². The van der Waals surface area contributed by atoms with Crippen molar-refractivity contribution in [1.29, 1.82) is 0 Å². The number of methoxy groups -OCH3 is 1. The summed E-state index contributed by atoms with van der Waals surface area (Å²) in [6, 6.07) is 15.1. The largest absolute Gasteiger partial charge is 0.465 e. The average molecular weight is 340 g/mol. The Bertz CT molecular complexity index is 709. The van der Waals surface area contributed by atoms with Crippen molar-refractivity contribution in [1.82, 2.24) is 4.90 Å². The smallest absolute Gasteiger partial charge is 0.337 e. The van der Waals surface area contributed by atoms with E-state index >= 15 is 0 Å². The van der Waals surface area contributed by atoms with E-state index in [0.29, 0.717) is 17.8 Å². The fourth-order valence-corrected chi connectivity index (χ4v) is 2.50. The van der Waals surface area contributed by atoms with Crippen LogP contribution in [-0.2, 0) is 22.5 Å². The molecule has 2 rings (SSSR count). The van der Waals surface area contributed by atoms with Crippen molar-refractivity contribution in [2.45, 2.75) is 19.9 Å². The first-order valence-corrected chi connectivity index (χ1v) is 8.26. The normalized spacial score (nSPS) is 10.6. The standard InChI is InChI=1S/C20H24N2O3/c1-4-15-5-7-16(8-6-15)13-22(2)14-19(23)21-18-11-9-17(10-12-18)20(24)25-3/h5-12H,4,13-14H2,1-3H3,(H,21,23). The van der Waals surface area contributed by atoms with Crippen LogP contribution in [0.1, 0.15) is 28.4 Å². The Morgan fingerprint density at radius 3 is 2.16 bits per heavy atom. The van der Waals surface area contributed by atoms with Crippen LogP contribution >= 0.6 is 0 Å². The van der Waals surface area contributed by atoms with Gasteiger partial charge in [0.1, 0.15) is 0 Å². The number of nitrogens with zero attached hydrogens (tertiary/aromatic N) is 1. The molecule has 0 aromatic heterocycles. The Kier molecular flexibility index (Phi) is 6.71. The molecule has 0 radical (unpaired) electrons. The van der Waals surface area contributed by atoms with Crippen LogP contribution in [0.3, 0.4) is 0 Å². The maximum Gasteiger partial charge on any atom is 0.337 e. The Morgan fingerprint density at radius 1 is 1.00 bits per heavy atom. The molecule has 0 spiro atoms. The Hall–Kier alpha value is -2.66. The van der Waals surface area contributed by atoms with E-state index in [1.807, 2.05) is 11.9 Å². The van der Waals surface area contributed by atoms with Gasteiger partial charge in [-0.3, -0.25) is 9.69 Å². The third-order valence-electron chi connectivity index (χ3n) is 3.89. The average Bonchev–Trinajstić information content (AvgIpc) is 2.62. The molecule has 0 unspecified atom stereocenters. The van der Waals surface area contributed by atoms with E-state index in [1.165, 1.54) is 18.2 Å². The first kappa shape index (κ1) is 18.7. The predicted molar refractivity (Wildman–Crippen MR) is 98.6 cm³/mol. The first-order valence-electron chi connectivity index (χ1n) is 8.26. The lowest BCUT2D eigenvalue weighted by Crippen LogP contribution is -2.29. The highest BCUT2D eigenvalue weighted by Crippen LogP contribution is 2.11. The van der Waals surface area contributed by atoms with Crippen LogP contribution in [0.4, 0.5) is 5.69 Å². The van der Waals surface area contributed by atoms with E-state index in [1.54, 1.807) is 24.3 Å². The molecule has 0 aliphatic carbocycles. The van der Waals surface area contributed by atoms with Crippen molar-refractivity contribution in [3.8, 4) is 0 Å². The monoisotopic (exact) mass is 340 g/mol. The van der Waals surface area contributed by atoms with Crippen LogP contribution in [0.5, 0.6) is 0 Å². The summed E-state index contributed by atoms with van der Waals surface area (Å²) in [6.07, 6.45) is 1.02. The Morgan fingerprint density at radius 2 is 1.60 bits per heavy atom. The molecule has 25 heavy (non-hydrogen) atoms. The number of nitrogens with one attached hydrogen (secondary N) is 1. The zero-order chi connectivity index (χ0) is 18.2. The molecule has 0 bridgehead atoms. The summed E-state index contributed by atoms with van der Waals surface area (Å²) in [5.41, 5.74) is 3.58. The third kappa shape index (κ3) is 5.72. The minimum absolute atomic E-state index is 0.0986. The van der Waals surface area contributed by atoms with Crippen molar-refractivity contribution in [3.63, 3.8) is 0 Å². The van der Waals surface area contributed by atoms with Gasteiger partial charge in [-0.25, -0.2) is 4.79 Å². The zero-order valence-corrected chi connectivity index (χ0v) is 14.9. The van der Waals surface area contributed by atoms with Crippen LogP contribution in [-0.4, -0.2) is 37.5 Å². The molecule has 5 heteroatoms. The number of carbonyl (C=O) groups is 2. The van der Waals surface area contributed by atoms with Gasteiger partial charge in [0.25, 0.3) is 0 Å². The van der Waals surface area contributed by atoms with E-state index in [9.17, 15) is 9.59 Å². The molecule has 0 atom stereocenters. The topological polar surface area (TPSA) is 58.6 Å². The van der Waals surface area contributed by atoms with E-state index < -0.39 is 5.97 Å². The number of benzene rings is 2. The number of anilines is 1. The second kappa shape index (κ2) is 8.99. The summed E-state index contributed by atoms with van der Waals surface area (Å²) >= 11 is 0. The van der Waals surface area contributed by atoms with Crippen molar-refractivity contribution >= 4 is 17.6 Å². The van der Waals surface area contributed by atoms with Gasteiger partial charge in [0.15, 0.2) is 0 Å². The Balaban J connectivity index is 1.85. The van der Waals surface area contributed by atoms with Gasteiger partial charge in [-0.2, -0.15) is 0 Å². The van der Waals surface area contributed by atoms with Crippen molar-refractivity contribution in [3.05, 3.63) is 65.2 Å². The molecule has 0 aliphatic heterocycles. The molecule has 1 amide bonds. The van der Waals surface area contributed by atoms with Gasteiger partial charge < -0.3 is 10.1 Å². The van der Waals surface area contributed by atoms with Gasteiger partial charge in [0, 0.05) is 12.2 Å². The number of hydrogen-bond donors (Lipinski definition) is 1. The summed E-state index contributed by atoms with van der Waals surface area (Å²) in [6.45, 7) is 3.12. The minimum atomic E-state index is -0.397. The number of ether oxygens (including phenoxy) is 1. The van der Waals surface area contributed by atoms with Crippen molar-refractivity contribution in [2.75, 3.05) is 26.0 Å². The lowest BCUT2D eigenvalue weighted by Gasteiger charge is -2.16. The number of carbonyl (C=O) groups excluding carboxylic acids is 2. The van der Waals surface area contributed by atoms with Gasteiger partial charge in [0.2, 0.25) is 5.91 Å². The van der Waals surface area contributed by atoms with Gasteiger partial charge in [-0.05, 0) is 48.9 Å². The van der Waals surface area contributed by atoms with Gasteiger partial charge >= 0.3 is 5.97 Å². The maximum atomic E-state index is 12.1. The van der Waals surface area contributed by atoms with Gasteiger partial charge in [-0.15, -0.1) is 0 Å². The minimum Gasteiger partial charge on any atom is -0.465 e. The zero-order valence-electron chi connectivity index (χ0n) is 14.9. The molecule has 132 valence electrons. The highest BCUT2D eigenvalue weighted by Gasteiger charge is 2.09. The van der Waals surface area contributed by atoms with Crippen LogP contribution in [0.25, 0.3) is 0 Å². The SMILES string of the molecule is CCc1ccc(CN(C)CC(=O)Nc2ccc(C(=O)OC)cc2)cc1. The number of rotatable bonds is 7. The Labute approximate surface area is 148 Å². The lowest BCUT2D eigenvalue weighted by atomic mass is 10.1. The molecule has 0 aliphatic rings. The molecule has 2 aromatic carbocycles. The van der Waals surface area contributed by atoms with E-state index in [-0.39, 0.29) is 12.5 Å². The summed E-state index contributed by atoms with van der Waals surface area (Å²) in [4.78, 5) is 25.5. The maximum absolute atomic E-state index is 12.1. The van der Waals surface area contributed by atoms with Crippen LogP contribution in [0, 0.1) is 0 Å². The van der Waals surface area contributed by atoms with Crippen LogP contribution in [0.15, 0.2) is 48.5 Å². The highest BCUT2D eigenvalue weighted by molar-refractivity contribution is 5.93. The third-order valence-corrected chi connectivity index (χ3v) is 3.89. The van der Waals surface area contributed by atoms with E-state index in [4.69, 9.17) is 0 Å². The highest BCUT2D eigenvalue weighted by atomic mass is 16.5. The molecule has 5 nitrogen and oxygen atoms in total. The molecule has 0 heterocycles. The lowest BCUT2D eigenvalue weighted by molar-refractivity contribution is -0.117. The predicted octanol–water partition coefficient (Wildman–Crippen LogP) is 3.11. The molecular formula is C20H24N2O3. The number of likely N-dealkylation sites (N-methyl/N-ethyl adjacent to an activating group) is 1. The van der Waals surface area contributed by atoms with Crippen LogP contribution in [0.2, 0.25) is 0 Å². The number of amides is 1. The second-order valence-electron chi connectivity index (χ2n) is 5.96. The molecule has 0 saturated carbocycles. The summed E-state index contributed by atoms with van der Waals surface area (Å²) in [5, 5.41) is 2.83. The molecule has 1 N–H and O–H groups in total. The summed E-state index contributed by atoms with van der Waals surface area (Å²) in [5.74, 6) is -0.495. The fourth-order valence-electron chi connectivity index (χ4n) is 2.50. The molecule has 0 fully saturated rings. The summed E-state index contributed by atoms with van der Waals surface area (Å²) in [7, 11) is 3.25. The van der Waals surface area contributed by atoms with Gasteiger partial charge in [-0.1, -0.05) is 31.2 Å². The van der Waals surface area contributed by atoms with E-state index in [0.717, 1.165) is 6.42 Å². The van der Waals surface area contributed by atoms with E-state index in [2.05, 4.69) is 41.2 Å². The number of aryl methyl sites for hydroxylation is 1. The van der Waals surface area contributed by atoms with Gasteiger partial charge in [0.05, 0.1) is 19.2 Å². The van der Waals surface area contributed by atoms with Crippen LogP contribution < -0.4 is 5.32 Å². The summed E-state index contributed by atoms with van der Waals surface area (Å²) < 4.78 is 4.65. The molecule has 2 aromatic rings. The number of esters is 1. The molecule has 0 saturated heterocycles. The quantitative estimate of drug-likeness (QED) is 0.787. The second-order valence-corrected chi connectivity index (χ2v) is 5.96. The number of hydrogen-bond acceptors (Lipinski definition) is 4.